The molecule has 0 aromatic carbocycles. The van der Waals surface area contributed by atoms with Crippen LogP contribution in [0.25, 0.3) is 0 Å². The van der Waals surface area contributed by atoms with Crippen molar-refractivity contribution in [1.29, 1.82) is 0 Å². The van der Waals surface area contributed by atoms with E-state index in [1.54, 1.807) is 0 Å². The van der Waals surface area contributed by atoms with E-state index in [-0.39, 0.29) is 25.7 Å². The Balaban J connectivity index is 5.25. The molecule has 0 saturated carbocycles. The molecule has 3 N–H and O–H groups in total. The van der Waals surface area contributed by atoms with Gasteiger partial charge in [0.25, 0.3) is 0 Å². The third kappa shape index (κ3) is 65.1. The maximum absolute atomic E-state index is 13.0. The monoisotopic (exact) mass is 1340 g/mol. The maximum atomic E-state index is 13.0. The molecule has 540 valence electrons. The van der Waals surface area contributed by atoms with E-state index in [0.717, 1.165) is 108 Å². The van der Waals surface area contributed by atoms with Crippen molar-refractivity contribution in [3.8, 4) is 0 Å². The molecule has 0 aliphatic rings. The Hall–Kier alpha value is -1.94. The Kier molecular flexibility index (Phi) is 61.5. The van der Waals surface area contributed by atoms with Crippen molar-refractivity contribution in [3.63, 3.8) is 0 Å². The second kappa shape index (κ2) is 62.8. The van der Waals surface area contributed by atoms with Crippen molar-refractivity contribution in [2.75, 3.05) is 39.6 Å². The molecule has 17 nitrogen and oxygen atoms in total. The average Bonchev–Trinajstić information content (AvgIpc) is 3.32. The highest BCUT2D eigenvalue weighted by atomic mass is 31.2. The number of hydrogen-bond acceptors (Lipinski definition) is 15. The molecule has 3 unspecified atom stereocenters. The van der Waals surface area contributed by atoms with Crippen molar-refractivity contribution in [3.05, 3.63) is 0 Å². The van der Waals surface area contributed by atoms with Gasteiger partial charge in [0.15, 0.2) is 12.2 Å². The summed E-state index contributed by atoms with van der Waals surface area (Å²) in [4.78, 5) is 72.6. The molecule has 0 spiro atoms. The van der Waals surface area contributed by atoms with Crippen molar-refractivity contribution in [1.82, 2.24) is 0 Å². The van der Waals surface area contributed by atoms with Gasteiger partial charge in [0.05, 0.1) is 26.4 Å². The minimum absolute atomic E-state index is 0.106. The smallest absolute Gasteiger partial charge is 0.462 e. The summed E-state index contributed by atoms with van der Waals surface area (Å²) in [7, 11) is -9.90. The number of phosphoric acid groups is 2. The van der Waals surface area contributed by atoms with Crippen LogP contribution in [0.3, 0.4) is 0 Å². The summed E-state index contributed by atoms with van der Waals surface area (Å²) in [5.41, 5.74) is 0. The van der Waals surface area contributed by atoms with Crippen LogP contribution in [0.1, 0.15) is 363 Å². The fourth-order valence-corrected chi connectivity index (χ4v) is 12.4. The SMILES string of the molecule is CCCCCCCCCCCCCCC(=O)O[C@H](COC(=O)CCCCCCCCCC(C)C)COP(=O)(O)OC[C@H](O)COP(=O)(O)OC[C@@H](COC(=O)CCCCCCCCCCC(C)CC)OC(=O)CCCCCCCCCCCCCCCCC(C)C. The first-order valence-electron chi connectivity index (χ1n) is 37.4. The Morgan fingerprint density at radius 3 is 0.835 bits per heavy atom. The van der Waals surface area contributed by atoms with Crippen LogP contribution in [0.5, 0.6) is 0 Å². The van der Waals surface area contributed by atoms with E-state index in [2.05, 4.69) is 48.5 Å². The average molecular weight is 1340 g/mol. The lowest BCUT2D eigenvalue weighted by Gasteiger charge is -2.21. The van der Waals surface area contributed by atoms with Crippen molar-refractivity contribution >= 4 is 39.5 Å². The number of aliphatic hydroxyl groups is 1. The summed E-state index contributed by atoms with van der Waals surface area (Å²) in [5, 5.41) is 10.6. The first kappa shape index (κ1) is 89.1. The highest BCUT2D eigenvalue weighted by molar-refractivity contribution is 7.47. The minimum Gasteiger partial charge on any atom is -0.462 e. The fourth-order valence-electron chi connectivity index (χ4n) is 10.9. The summed E-state index contributed by atoms with van der Waals surface area (Å²) in [6.07, 6.45) is 47.1. The predicted octanol–water partition coefficient (Wildman–Crippen LogP) is 20.6. The molecule has 0 aliphatic carbocycles. The normalized spacial score (nSPS) is 14.5. The predicted molar refractivity (Wildman–Crippen MR) is 368 cm³/mol. The maximum Gasteiger partial charge on any atom is 0.472 e. The van der Waals surface area contributed by atoms with Gasteiger partial charge in [-0.1, -0.05) is 312 Å². The zero-order valence-electron chi connectivity index (χ0n) is 59.3. The first-order chi connectivity index (χ1) is 43.8. The Labute approximate surface area is 556 Å². The van der Waals surface area contributed by atoms with Crippen LogP contribution >= 0.6 is 15.6 Å². The Bertz CT molecular complexity index is 1790. The topological polar surface area (TPSA) is 237 Å². The Morgan fingerprint density at radius 1 is 0.319 bits per heavy atom. The molecule has 0 saturated heterocycles. The first-order valence-corrected chi connectivity index (χ1v) is 40.4. The molecule has 19 heteroatoms. The Morgan fingerprint density at radius 2 is 0.560 bits per heavy atom. The molecule has 0 aromatic heterocycles. The number of esters is 4. The number of carbonyl (C=O) groups is 4. The number of rotatable bonds is 70. The summed E-state index contributed by atoms with van der Waals surface area (Å²) in [5.74, 6) is 0.154. The van der Waals surface area contributed by atoms with Gasteiger partial charge in [0.1, 0.15) is 19.3 Å². The fraction of sp³-hybridized carbons (Fsp3) is 0.944. The van der Waals surface area contributed by atoms with Gasteiger partial charge in [-0.05, 0) is 43.4 Å². The van der Waals surface area contributed by atoms with E-state index >= 15 is 0 Å². The van der Waals surface area contributed by atoms with E-state index in [1.165, 1.54) is 167 Å². The highest BCUT2D eigenvalue weighted by Crippen LogP contribution is 2.45. The van der Waals surface area contributed by atoms with Crippen molar-refractivity contribution in [2.24, 2.45) is 17.8 Å². The molecular formula is C72H140O17P2. The number of ether oxygens (including phenoxy) is 4. The van der Waals surface area contributed by atoms with Gasteiger partial charge < -0.3 is 33.8 Å². The van der Waals surface area contributed by atoms with Gasteiger partial charge in [-0.3, -0.25) is 37.3 Å². The molecule has 0 amide bonds. The van der Waals surface area contributed by atoms with Gasteiger partial charge in [-0.25, -0.2) is 9.13 Å². The van der Waals surface area contributed by atoms with E-state index < -0.39 is 97.5 Å². The lowest BCUT2D eigenvalue weighted by atomic mass is 9.99. The largest absolute Gasteiger partial charge is 0.472 e. The summed E-state index contributed by atoms with van der Waals surface area (Å²) >= 11 is 0. The van der Waals surface area contributed by atoms with E-state index in [4.69, 9.17) is 37.0 Å². The molecule has 91 heavy (non-hydrogen) atoms. The van der Waals surface area contributed by atoms with E-state index in [9.17, 15) is 43.2 Å². The van der Waals surface area contributed by atoms with Crippen LogP contribution in [0.4, 0.5) is 0 Å². The van der Waals surface area contributed by atoms with E-state index in [0.29, 0.717) is 31.6 Å². The third-order valence-electron chi connectivity index (χ3n) is 17.0. The standard InChI is InChI=1S/C72H140O17P2/c1-8-10-11-12-13-14-15-21-24-33-41-48-55-71(76)89-68(60-83-70(75)54-47-40-35-28-30-37-44-51-64(5)6)62-87-91(80,81)85-58-66(73)57-84-90(78,79)86-61-67(59-82-69(74)53-46-39-32-27-26-31-38-45-52-65(7)9-2)88-72(77)56-49-42-34-25-22-19-17-16-18-20-23-29-36-43-50-63(3)4/h63-68,73H,8-62H2,1-7H3,(H,78,79)(H,80,81)/t65?,66-,67-,68-/m1/s1. The van der Waals surface area contributed by atoms with Gasteiger partial charge in [0.2, 0.25) is 0 Å². The molecule has 6 atom stereocenters. The highest BCUT2D eigenvalue weighted by Gasteiger charge is 2.30. The third-order valence-corrected chi connectivity index (χ3v) is 18.9. The molecule has 0 bridgehead atoms. The molecule has 0 rings (SSSR count). The second-order valence-corrected chi connectivity index (χ2v) is 30.1. The van der Waals surface area contributed by atoms with Crippen LogP contribution in [0.15, 0.2) is 0 Å². The lowest BCUT2D eigenvalue weighted by Crippen LogP contribution is -2.30. The molecule has 0 fully saturated rings. The number of carbonyl (C=O) groups excluding carboxylic acids is 4. The minimum atomic E-state index is -4.95. The van der Waals surface area contributed by atoms with Crippen LogP contribution in [-0.2, 0) is 65.4 Å². The quantitative estimate of drug-likeness (QED) is 0.0222. The van der Waals surface area contributed by atoms with Crippen LogP contribution < -0.4 is 0 Å². The number of aliphatic hydroxyl groups excluding tert-OH is 1. The van der Waals surface area contributed by atoms with Crippen LogP contribution in [0.2, 0.25) is 0 Å². The number of phosphoric ester groups is 2. The van der Waals surface area contributed by atoms with Gasteiger partial charge in [-0.2, -0.15) is 0 Å². The van der Waals surface area contributed by atoms with Crippen molar-refractivity contribution < 1.29 is 80.2 Å². The van der Waals surface area contributed by atoms with Crippen LogP contribution in [0, 0.1) is 17.8 Å². The number of unbranched alkanes of at least 4 members (excludes halogenated alkanes) is 37. The van der Waals surface area contributed by atoms with Gasteiger partial charge in [-0.15, -0.1) is 0 Å². The van der Waals surface area contributed by atoms with E-state index in [1.807, 2.05) is 0 Å². The molecule has 0 aromatic rings. The lowest BCUT2D eigenvalue weighted by molar-refractivity contribution is -0.161. The molecule has 0 heterocycles. The summed E-state index contributed by atoms with van der Waals surface area (Å²) < 4.78 is 68.4. The second-order valence-electron chi connectivity index (χ2n) is 27.2. The van der Waals surface area contributed by atoms with Gasteiger partial charge >= 0.3 is 39.5 Å². The molecule has 0 radical (unpaired) electrons. The molecule has 0 aliphatic heterocycles. The summed E-state index contributed by atoms with van der Waals surface area (Å²) in [6.45, 7) is 11.8. The molecular weight excluding hydrogens is 1200 g/mol. The van der Waals surface area contributed by atoms with Crippen molar-refractivity contribution in [2.45, 2.75) is 381 Å². The van der Waals surface area contributed by atoms with Gasteiger partial charge in [0, 0.05) is 25.7 Å². The zero-order chi connectivity index (χ0) is 67.3. The summed E-state index contributed by atoms with van der Waals surface area (Å²) in [6, 6.07) is 0. The number of hydrogen-bond donors (Lipinski definition) is 3. The van der Waals surface area contributed by atoms with Crippen LogP contribution in [-0.4, -0.2) is 96.7 Å². The zero-order valence-corrected chi connectivity index (χ0v) is 61.1.